The standard InChI is InChI=1S/C12H8F2N2OS/c13-11(14)17-9-3-1-2-8(6-9)10-7-16-4-5-18-12(16)15-10/h1-7,11H. The van der Waals surface area contributed by atoms with E-state index >= 15 is 0 Å². The van der Waals surface area contributed by atoms with Crippen LogP contribution in [-0.2, 0) is 0 Å². The number of alkyl halides is 2. The second kappa shape index (κ2) is 4.38. The average Bonchev–Trinajstić information content (AvgIpc) is 2.88. The van der Waals surface area contributed by atoms with Crippen molar-refractivity contribution < 1.29 is 13.5 Å². The lowest BCUT2D eigenvalue weighted by molar-refractivity contribution is -0.0498. The van der Waals surface area contributed by atoms with Gasteiger partial charge in [-0.3, -0.25) is 4.40 Å². The zero-order valence-corrected chi connectivity index (χ0v) is 9.90. The summed E-state index contributed by atoms with van der Waals surface area (Å²) >= 11 is 1.52. The van der Waals surface area contributed by atoms with Gasteiger partial charge in [0.1, 0.15) is 5.75 Å². The molecule has 0 spiro atoms. The Morgan fingerprint density at radius 1 is 1.33 bits per heavy atom. The van der Waals surface area contributed by atoms with Gasteiger partial charge in [0.25, 0.3) is 0 Å². The summed E-state index contributed by atoms with van der Waals surface area (Å²) in [5, 5.41) is 1.93. The monoisotopic (exact) mass is 266 g/mol. The van der Waals surface area contributed by atoms with Crippen LogP contribution in [0.15, 0.2) is 42.0 Å². The van der Waals surface area contributed by atoms with Crippen LogP contribution >= 0.6 is 11.3 Å². The molecule has 1 aromatic carbocycles. The normalized spacial score (nSPS) is 11.3. The van der Waals surface area contributed by atoms with Crippen LogP contribution < -0.4 is 4.74 Å². The number of imidazole rings is 1. The molecule has 0 amide bonds. The maximum atomic E-state index is 12.1. The predicted octanol–water partition coefficient (Wildman–Crippen LogP) is 3.66. The van der Waals surface area contributed by atoms with Crippen molar-refractivity contribution in [3.05, 3.63) is 42.0 Å². The predicted molar refractivity (Wildman–Crippen MR) is 65.1 cm³/mol. The van der Waals surface area contributed by atoms with E-state index in [4.69, 9.17) is 0 Å². The first-order valence-electron chi connectivity index (χ1n) is 5.20. The van der Waals surface area contributed by atoms with E-state index < -0.39 is 6.61 Å². The van der Waals surface area contributed by atoms with Crippen LogP contribution in [0.3, 0.4) is 0 Å². The van der Waals surface area contributed by atoms with Crippen LogP contribution in [0.2, 0.25) is 0 Å². The molecule has 2 aromatic heterocycles. The van der Waals surface area contributed by atoms with E-state index in [-0.39, 0.29) is 5.75 Å². The topological polar surface area (TPSA) is 26.5 Å². The minimum absolute atomic E-state index is 0.138. The molecule has 3 aromatic rings. The molecule has 2 heterocycles. The van der Waals surface area contributed by atoms with Gasteiger partial charge >= 0.3 is 6.61 Å². The molecular weight excluding hydrogens is 258 g/mol. The van der Waals surface area contributed by atoms with Crippen LogP contribution in [0.5, 0.6) is 5.75 Å². The average molecular weight is 266 g/mol. The first kappa shape index (κ1) is 11.2. The number of rotatable bonds is 3. The van der Waals surface area contributed by atoms with E-state index in [1.165, 1.54) is 17.4 Å². The number of nitrogens with zero attached hydrogens (tertiary/aromatic N) is 2. The highest BCUT2D eigenvalue weighted by Crippen LogP contribution is 2.25. The van der Waals surface area contributed by atoms with E-state index in [1.807, 2.05) is 28.2 Å². The molecule has 0 saturated heterocycles. The summed E-state index contributed by atoms with van der Waals surface area (Å²) in [7, 11) is 0. The third-order valence-corrected chi connectivity index (χ3v) is 3.22. The maximum Gasteiger partial charge on any atom is 0.387 e. The molecular formula is C12H8F2N2OS. The zero-order chi connectivity index (χ0) is 12.5. The SMILES string of the molecule is FC(F)Oc1cccc(-c2cn3ccsc3n2)c1. The second-order valence-electron chi connectivity index (χ2n) is 3.63. The highest BCUT2D eigenvalue weighted by atomic mass is 32.1. The van der Waals surface area contributed by atoms with Gasteiger partial charge in [0.05, 0.1) is 5.69 Å². The van der Waals surface area contributed by atoms with Crippen LogP contribution in [0.25, 0.3) is 16.2 Å². The van der Waals surface area contributed by atoms with E-state index in [1.54, 1.807) is 12.1 Å². The molecule has 0 fully saturated rings. The fourth-order valence-corrected chi connectivity index (χ4v) is 2.40. The van der Waals surface area contributed by atoms with Crippen molar-refractivity contribution >= 4 is 16.3 Å². The molecule has 92 valence electrons. The molecule has 0 N–H and O–H groups in total. The molecule has 0 aliphatic carbocycles. The molecule has 0 radical (unpaired) electrons. The Bertz CT molecular complexity index is 649. The molecule has 3 nitrogen and oxygen atoms in total. The van der Waals surface area contributed by atoms with Crippen molar-refractivity contribution in [2.75, 3.05) is 0 Å². The Kier molecular flexibility index (Phi) is 2.71. The lowest BCUT2D eigenvalue weighted by Gasteiger charge is -2.05. The van der Waals surface area contributed by atoms with Crippen molar-refractivity contribution in [2.24, 2.45) is 0 Å². The highest BCUT2D eigenvalue weighted by molar-refractivity contribution is 7.15. The van der Waals surface area contributed by atoms with Crippen LogP contribution in [0.4, 0.5) is 8.78 Å². The number of thiazole rings is 1. The van der Waals surface area contributed by atoms with Crippen molar-refractivity contribution in [3.63, 3.8) is 0 Å². The smallest absolute Gasteiger partial charge is 0.387 e. The van der Waals surface area contributed by atoms with Crippen LogP contribution in [0, 0.1) is 0 Å². The summed E-state index contributed by atoms with van der Waals surface area (Å²) in [6.07, 6.45) is 3.75. The highest BCUT2D eigenvalue weighted by Gasteiger charge is 2.08. The fourth-order valence-electron chi connectivity index (χ4n) is 1.70. The van der Waals surface area contributed by atoms with Crippen molar-refractivity contribution in [2.45, 2.75) is 6.61 Å². The maximum absolute atomic E-state index is 12.1. The van der Waals surface area contributed by atoms with Gasteiger partial charge in [0.2, 0.25) is 0 Å². The summed E-state index contributed by atoms with van der Waals surface area (Å²) in [6, 6.07) is 6.53. The Morgan fingerprint density at radius 3 is 3.00 bits per heavy atom. The minimum atomic E-state index is -2.81. The van der Waals surface area contributed by atoms with Gasteiger partial charge in [-0.2, -0.15) is 8.78 Å². The first-order chi connectivity index (χ1) is 8.72. The third kappa shape index (κ3) is 2.06. The van der Waals surface area contributed by atoms with E-state index in [0.717, 1.165) is 16.2 Å². The van der Waals surface area contributed by atoms with Crippen LogP contribution in [-0.4, -0.2) is 16.0 Å². The first-order valence-corrected chi connectivity index (χ1v) is 6.08. The van der Waals surface area contributed by atoms with E-state index in [9.17, 15) is 8.78 Å². The fraction of sp³-hybridized carbons (Fsp3) is 0.0833. The number of halogens is 2. The van der Waals surface area contributed by atoms with Crippen LogP contribution in [0.1, 0.15) is 0 Å². The number of benzene rings is 1. The van der Waals surface area contributed by atoms with Gasteiger partial charge in [0.15, 0.2) is 4.96 Å². The zero-order valence-electron chi connectivity index (χ0n) is 9.09. The van der Waals surface area contributed by atoms with E-state index in [2.05, 4.69) is 9.72 Å². The molecule has 0 saturated carbocycles. The summed E-state index contributed by atoms with van der Waals surface area (Å²) in [5.74, 6) is 0.138. The second-order valence-corrected chi connectivity index (χ2v) is 4.50. The number of hydrogen-bond acceptors (Lipinski definition) is 3. The van der Waals surface area contributed by atoms with Gasteiger partial charge in [-0.25, -0.2) is 4.98 Å². The minimum Gasteiger partial charge on any atom is -0.435 e. The summed E-state index contributed by atoms with van der Waals surface area (Å²) < 4.78 is 30.5. The molecule has 3 rings (SSSR count). The third-order valence-electron chi connectivity index (χ3n) is 2.45. The molecule has 18 heavy (non-hydrogen) atoms. The van der Waals surface area contributed by atoms with Crippen molar-refractivity contribution in [3.8, 4) is 17.0 Å². The van der Waals surface area contributed by atoms with Crippen molar-refractivity contribution in [1.82, 2.24) is 9.38 Å². The summed E-state index contributed by atoms with van der Waals surface area (Å²) in [4.78, 5) is 5.27. The lowest BCUT2D eigenvalue weighted by atomic mass is 10.1. The molecule has 0 bridgehead atoms. The molecule has 6 heteroatoms. The summed E-state index contributed by atoms with van der Waals surface area (Å²) in [6.45, 7) is -2.81. The van der Waals surface area contributed by atoms with E-state index in [0.29, 0.717) is 0 Å². The van der Waals surface area contributed by atoms with Gasteiger partial charge in [0, 0.05) is 23.3 Å². The van der Waals surface area contributed by atoms with Gasteiger partial charge < -0.3 is 4.74 Å². The number of aromatic nitrogens is 2. The Balaban J connectivity index is 1.98. The lowest BCUT2D eigenvalue weighted by Crippen LogP contribution is -2.01. The van der Waals surface area contributed by atoms with Gasteiger partial charge in [-0.15, -0.1) is 11.3 Å². The molecule has 0 aliphatic heterocycles. The molecule has 0 aliphatic rings. The van der Waals surface area contributed by atoms with Gasteiger partial charge in [-0.1, -0.05) is 12.1 Å². The van der Waals surface area contributed by atoms with Gasteiger partial charge in [-0.05, 0) is 12.1 Å². The number of fused-ring (bicyclic) bond motifs is 1. The Labute approximate surface area is 105 Å². The largest absolute Gasteiger partial charge is 0.435 e. The number of hydrogen-bond donors (Lipinski definition) is 0. The molecule has 0 unspecified atom stereocenters. The van der Waals surface area contributed by atoms with Crippen molar-refractivity contribution in [1.29, 1.82) is 0 Å². The quantitative estimate of drug-likeness (QED) is 0.723. The number of ether oxygens (including phenoxy) is 1. The Morgan fingerprint density at radius 2 is 2.22 bits per heavy atom. The molecule has 0 atom stereocenters. The summed E-state index contributed by atoms with van der Waals surface area (Å²) in [5.41, 5.74) is 1.49. The Hall–Kier alpha value is -1.95.